The van der Waals surface area contributed by atoms with E-state index >= 15 is 0 Å². The Labute approximate surface area is 183 Å². The molecule has 0 bridgehead atoms. The fraction of sp³-hybridized carbons (Fsp3) is 0.320. The summed E-state index contributed by atoms with van der Waals surface area (Å²) in [5, 5.41) is 5.71. The first kappa shape index (κ1) is 19.7. The van der Waals surface area contributed by atoms with E-state index in [9.17, 15) is 0 Å². The van der Waals surface area contributed by atoms with Crippen LogP contribution >= 0.6 is 0 Å². The monoisotopic (exact) mass is 412 g/mol. The van der Waals surface area contributed by atoms with Crippen LogP contribution in [0.3, 0.4) is 0 Å². The molecular weight excluding hydrogens is 384 g/mol. The van der Waals surface area contributed by atoms with E-state index in [1.807, 2.05) is 17.8 Å². The van der Waals surface area contributed by atoms with Crippen LogP contribution < -0.4 is 4.90 Å². The van der Waals surface area contributed by atoms with Crippen LogP contribution in [0.5, 0.6) is 0 Å². The van der Waals surface area contributed by atoms with E-state index in [-0.39, 0.29) is 0 Å². The van der Waals surface area contributed by atoms with Gasteiger partial charge in [0.25, 0.3) is 0 Å². The second-order valence-corrected chi connectivity index (χ2v) is 8.18. The minimum absolute atomic E-state index is 0.802. The van der Waals surface area contributed by atoms with E-state index in [0.29, 0.717) is 0 Å². The lowest BCUT2D eigenvalue weighted by Gasteiger charge is -2.35. The molecule has 1 aliphatic rings. The molecule has 1 saturated heterocycles. The van der Waals surface area contributed by atoms with Gasteiger partial charge in [0.05, 0.1) is 11.6 Å². The largest absolute Gasteiger partial charge is 0.353 e. The van der Waals surface area contributed by atoms with Crippen molar-refractivity contribution < 1.29 is 0 Å². The summed E-state index contributed by atoms with van der Waals surface area (Å²) >= 11 is 0. The van der Waals surface area contributed by atoms with Gasteiger partial charge in [0.15, 0.2) is 5.65 Å². The second kappa shape index (κ2) is 8.86. The van der Waals surface area contributed by atoms with Crippen molar-refractivity contribution >= 4 is 16.9 Å². The van der Waals surface area contributed by atoms with Gasteiger partial charge in [-0.15, -0.1) is 0 Å². The van der Waals surface area contributed by atoms with Crippen LogP contribution in [0.2, 0.25) is 0 Å². The average molecular weight is 413 g/mol. The highest BCUT2D eigenvalue weighted by atomic mass is 15.3. The Morgan fingerprint density at radius 1 is 0.806 bits per heavy atom. The smallest absolute Gasteiger partial charge is 0.163 e. The minimum atomic E-state index is 0.802. The Hall–Kier alpha value is -3.25. The number of fused-ring (bicyclic) bond motifs is 1. The summed E-state index contributed by atoms with van der Waals surface area (Å²) in [6.07, 6.45) is 2.87. The molecule has 0 amide bonds. The molecule has 3 heterocycles. The van der Waals surface area contributed by atoms with E-state index in [1.54, 1.807) is 0 Å². The molecule has 0 N–H and O–H groups in total. The number of anilines is 1. The van der Waals surface area contributed by atoms with Crippen molar-refractivity contribution in [2.24, 2.45) is 0 Å². The number of benzene rings is 2. The lowest BCUT2D eigenvalue weighted by molar-refractivity contribution is 0.249. The maximum atomic E-state index is 4.81. The predicted molar refractivity (Wildman–Crippen MR) is 124 cm³/mol. The summed E-state index contributed by atoms with van der Waals surface area (Å²) in [4.78, 5) is 14.4. The molecular formula is C25H28N6. The summed E-state index contributed by atoms with van der Waals surface area (Å²) in [5.74, 6) is 1.82. The molecule has 0 spiro atoms. The lowest BCUT2D eigenvalue weighted by atomic mass is 10.1. The maximum Gasteiger partial charge on any atom is 0.163 e. The van der Waals surface area contributed by atoms with Crippen molar-refractivity contribution in [3.05, 3.63) is 83.8 Å². The molecule has 2 aromatic heterocycles. The molecule has 0 saturated carbocycles. The zero-order valence-electron chi connectivity index (χ0n) is 18.0. The van der Waals surface area contributed by atoms with Crippen LogP contribution in [-0.2, 0) is 19.5 Å². The van der Waals surface area contributed by atoms with Gasteiger partial charge in [0, 0.05) is 39.3 Å². The first-order chi connectivity index (χ1) is 15.3. The Balaban J connectivity index is 1.30. The normalized spacial score (nSPS) is 14.9. The SMILES string of the molecule is Cc1nc(N2CCN(Cc3ccccc3)CC2)c2cnn(CCc3ccccc3)c2n1. The standard InChI is InChI=1S/C25H28N6/c1-20-27-24(30-16-14-29(15-17-30)19-22-10-6-3-7-11-22)23-18-26-31(25(23)28-20)13-12-21-8-4-2-5-9-21/h2-11,18H,12-17,19H2,1H3. The van der Waals surface area contributed by atoms with Crippen molar-refractivity contribution in [1.29, 1.82) is 0 Å². The first-order valence-corrected chi connectivity index (χ1v) is 11.0. The van der Waals surface area contributed by atoms with Gasteiger partial charge in [-0.25, -0.2) is 14.6 Å². The van der Waals surface area contributed by atoms with Crippen LogP contribution in [0.25, 0.3) is 11.0 Å². The molecule has 1 aliphatic heterocycles. The van der Waals surface area contributed by atoms with Gasteiger partial charge in [-0.2, -0.15) is 5.10 Å². The highest BCUT2D eigenvalue weighted by Gasteiger charge is 2.22. The molecule has 0 aliphatic carbocycles. The Morgan fingerprint density at radius 2 is 1.48 bits per heavy atom. The van der Waals surface area contributed by atoms with Crippen LogP contribution in [0.1, 0.15) is 17.0 Å². The third-order valence-corrected chi connectivity index (χ3v) is 5.96. The molecule has 1 fully saturated rings. The zero-order valence-corrected chi connectivity index (χ0v) is 18.0. The van der Waals surface area contributed by atoms with Crippen LogP contribution in [0.4, 0.5) is 5.82 Å². The van der Waals surface area contributed by atoms with Gasteiger partial charge in [-0.3, -0.25) is 4.90 Å². The molecule has 31 heavy (non-hydrogen) atoms. The number of hydrogen-bond acceptors (Lipinski definition) is 5. The molecule has 0 radical (unpaired) electrons. The molecule has 158 valence electrons. The van der Waals surface area contributed by atoms with Gasteiger partial charge in [0.2, 0.25) is 0 Å². The van der Waals surface area contributed by atoms with Gasteiger partial charge in [-0.05, 0) is 24.5 Å². The molecule has 2 aromatic carbocycles. The molecule has 6 heteroatoms. The summed E-state index contributed by atoms with van der Waals surface area (Å²) < 4.78 is 2.02. The zero-order chi connectivity index (χ0) is 21.0. The minimum Gasteiger partial charge on any atom is -0.353 e. The number of aryl methyl sites for hydroxylation is 3. The topological polar surface area (TPSA) is 50.1 Å². The van der Waals surface area contributed by atoms with Crippen molar-refractivity contribution in [2.45, 2.75) is 26.4 Å². The van der Waals surface area contributed by atoms with E-state index in [1.165, 1.54) is 11.1 Å². The van der Waals surface area contributed by atoms with Crippen LogP contribution in [0.15, 0.2) is 66.9 Å². The maximum absolute atomic E-state index is 4.81. The van der Waals surface area contributed by atoms with Crippen molar-refractivity contribution in [1.82, 2.24) is 24.6 Å². The quantitative estimate of drug-likeness (QED) is 0.483. The number of nitrogens with zero attached hydrogens (tertiary/aromatic N) is 6. The summed E-state index contributed by atoms with van der Waals surface area (Å²) in [7, 11) is 0. The summed E-state index contributed by atoms with van der Waals surface area (Å²) in [5.41, 5.74) is 3.62. The number of aromatic nitrogens is 4. The third-order valence-electron chi connectivity index (χ3n) is 5.96. The number of piperazine rings is 1. The highest BCUT2D eigenvalue weighted by molar-refractivity contribution is 5.87. The average Bonchev–Trinajstić information content (AvgIpc) is 3.22. The predicted octanol–water partition coefficient (Wildman–Crippen LogP) is 3.70. The molecule has 5 rings (SSSR count). The van der Waals surface area contributed by atoms with Gasteiger partial charge < -0.3 is 4.90 Å². The first-order valence-electron chi connectivity index (χ1n) is 11.0. The van der Waals surface area contributed by atoms with Crippen molar-refractivity contribution in [3.63, 3.8) is 0 Å². The molecule has 0 unspecified atom stereocenters. The van der Waals surface area contributed by atoms with E-state index in [0.717, 1.165) is 68.4 Å². The van der Waals surface area contributed by atoms with E-state index in [2.05, 4.69) is 75.6 Å². The Morgan fingerprint density at radius 3 is 2.19 bits per heavy atom. The highest BCUT2D eigenvalue weighted by Crippen LogP contribution is 2.25. The van der Waals surface area contributed by atoms with E-state index in [4.69, 9.17) is 9.97 Å². The summed E-state index contributed by atoms with van der Waals surface area (Å²) in [6, 6.07) is 21.2. The van der Waals surface area contributed by atoms with Gasteiger partial charge in [0.1, 0.15) is 11.6 Å². The van der Waals surface area contributed by atoms with Crippen LogP contribution in [-0.4, -0.2) is 50.8 Å². The van der Waals surface area contributed by atoms with Gasteiger partial charge >= 0.3 is 0 Å². The third kappa shape index (κ3) is 4.44. The Bertz CT molecular complexity index is 1130. The fourth-order valence-corrected chi connectivity index (χ4v) is 4.29. The van der Waals surface area contributed by atoms with Crippen LogP contribution in [0, 0.1) is 6.92 Å². The van der Waals surface area contributed by atoms with E-state index < -0.39 is 0 Å². The fourth-order valence-electron chi connectivity index (χ4n) is 4.29. The molecule has 6 nitrogen and oxygen atoms in total. The summed E-state index contributed by atoms with van der Waals surface area (Å²) in [6.45, 7) is 7.78. The van der Waals surface area contributed by atoms with Gasteiger partial charge in [-0.1, -0.05) is 60.7 Å². The number of hydrogen-bond donors (Lipinski definition) is 0. The molecule has 4 aromatic rings. The second-order valence-electron chi connectivity index (χ2n) is 8.18. The van der Waals surface area contributed by atoms with Crippen molar-refractivity contribution in [3.8, 4) is 0 Å². The lowest BCUT2D eigenvalue weighted by Crippen LogP contribution is -2.46. The number of rotatable bonds is 6. The molecule has 0 atom stereocenters. The Kier molecular flexibility index (Phi) is 5.63. The van der Waals surface area contributed by atoms with Crippen molar-refractivity contribution in [2.75, 3.05) is 31.1 Å².